The molecule has 0 aliphatic heterocycles. The Kier molecular flexibility index (Phi) is 5.94. The van der Waals surface area contributed by atoms with Crippen molar-refractivity contribution in [3.63, 3.8) is 0 Å². The number of nitrogens with one attached hydrogen (secondary N) is 1. The highest BCUT2D eigenvalue weighted by Gasteiger charge is 2.24. The van der Waals surface area contributed by atoms with Crippen LogP contribution in [0.3, 0.4) is 0 Å². The van der Waals surface area contributed by atoms with Crippen LogP contribution in [0.2, 0.25) is 0 Å². The largest absolute Gasteiger partial charge is 0.352 e. The molecule has 6 heteroatoms. The van der Waals surface area contributed by atoms with Crippen molar-refractivity contribution in [1.82, 2.24) is 20.4 Å². The van der Waals surface area contributed by atoms with E-state index in [1.54, 1.807) is 0 Å². The average Bonchev–Trinajstić information content (AvgIpc) is 3.09. The first-order valence-electron chi connectivity index (χ1n) is 8.27. The summed E-state index contributed by atoms with van der Waals surface area (Å²) >= 11 is 0. The minimum atomic E-state index is -0.207. The van der Waals surface area contributed by atoms with Crippen molar-refractivity contribution >= 4 is 5.91 Å². The Labute approximate surface area is 132 Å². The van der Waals surface area contributed by atoms with Gasteiger partial charge in [0, 0.05) is 12.5 Å². The summed E-state index contributed by atoms with van der Waals surface area (Å²) in [6, 6.07) is 0.144. The fourth-order valence-electron chi connectivity index (χ4n) is 2.74. The summed E-state index contributed by atoms with van der Waals surface area (Å²) in [6.07, 6.45) is 5.45. The third kappa shape index (κ3) is 4.80. The average molecular weight is 308 g/mol. The van der Waals surface area contributed by atoms with Crippen LogP contribution in [0.25, 0.3) is 0 Å². The molecule has 1 aliphatic carbocycles. The van der Waals surface area contributed by atoms with E-state index in [4.69, 9.17) is 4.52 Å². The third-order valence-electron chi connectivity index (χ3n) is 4.23. The Bertz CT molecular complexity index is 480. The zero-order valence-electron chi connectivity index (χ0n) is 14.1. The quantitative estimate of drug-likeness (QED) is 0.835. The van der Waals surface area contributed by atoms with E-state index in [1.165, 1.54) is 12.8 Å². The van der Waals surface area contributed by atoms with E-state index in [9.17, 15) is 4.79 Å². The molecule has 1 aromatic rings. The van der Waals surface area contributed by atoms with Gasteiger partial charge < -0.3 is 9.84 Å². The molecule has 0 spiro atoms. The number of rotatable bonds is 7. The Hall–Kier alpha value is -1.43. The van der Waals surface area contributed by atoms with Crippen LogP contribution in [0.1, 0.15) is 58.2 Å². The summed E-state index contributed by atoms with van der Waals surface area (Å²) in [5.74, 6) is 1.88. The van der Waals surface area contributed by atoms with Crippen LogP contribution in [0.15, 0.2) is 4.52 Å². The van der Waals surface area contributed by atoms with Crippen LogP contribution in [-0.4, -0.2) is 40.1 Å². The van der Waals surface area contributed by atoms with Crippen LogP contribution in [0.4, 0.5) is 0 Å². The highest BCUT2D eigenvalue weighted by atomic mass is 16.5. The van der Waals surface area contributed by atoms with Gasteiger partial charge in [0.15, 0.2) is 5.82 Å². The molecule has 1 aliphatic rings. The molecule has 0 bridgehead atoms. The first-order chi connectivity index (χ1) is 10.5. The molecule has 1 heterocycles. The predicted octanol–water partition coefficient (Wildman–Crippen LogP) is 2.15. The Balaban J connectivity index is 1.83. The number of carbonyl (C=O) groups excluding carboxylic acids is 1. The van der Waals surface area contributed by atoms with E-state index in [2.05, 4.69) is 29.3 Å². The van der Waals surface area contributed by atoms with Gasteiger partial charge >= 0.3 is 0 Å². The Morgan fingerprint density at radius 2 is 2.05 bits per heavy atom. The van der Waals surface area contributed by atoms with E-state index in [0.717, 1.165) is 25.1 Å². The molecule has 1 amide bonds. The van der Waals surface area contributed by atoms with Crippen LogP contribution in [0.5, 0.6) is 0 Å². The van der Waals surface area contributed by atoms with Crippen LogP contribution in [0, 0.1) is 5.92 Å². The first kappa shape index (κ1) is 16.9. The maximum atomic E-state index is 12.3. The van der Waals surface area contributed by atoms with Gasteiger partial charge in [0.25, 0.3) is 0 Å². The van der Waals surface area contributed by atoms with Gasteiger partial charge in [-0.2, -0.15) is 4.98 Å². The van der Waals surface area contributed by atoms with Gasteiger partial charge in [-0.3, -0.25) is 9.69 Å². The fraction of sp³-hybridized carbons (Fsp3) is 0.812. The van der Waals surface area contributed by atoms with Gasteiger partial charge in [0.2, 0.25) is 11.8 Å². The van der Waals surface area contributed by atoms with Crippen LogP contribution < -0.4 is 5.32 Å². The molecule has 0 unspecified atom stereocenters. The Morgan fingerprint density at radius 3 is 2.68 bits per heavy atom. The molecule has 1 aromatic heterocycles. The van der Waals surface area contributed by atoms with Crippen molar-refractivity contribution in [1.29, 1.82) is 0 Å². The number of amides is 1. The number of carbonyl (C=O) groups is 1. The summed E-state index contributed by atoms with van der Waals surface area (Å²) in [5.41, 5.74) is 0. The lowest BCUT2D eigenvalue weighted by atomic mass is 10.1. The van der Waals surface area contributed by atoms with E-state index < -0.39 is 0 Å². The molecule has 2 rings (SSSR count). The summed E-state index contributed by atoms with van der Waals surface area (Å²) in [5, 5.41) is 7.11. The highest BCUT2D eigenvalue weighted by Crippen LogP contribution is 2.18. The zero-order chi connectivity index (χ0) is 16.1. The summed E-state index contributed by atoms with van der Waals surface area (Å²) < 4.78 is 5.27. The van der Waals surface area contributed by atoms with Gasteiger partial charge in [0.1, 0.15) is 0 Å². The number of hydrogen-bond donors (Lipinski definition) is 1. The zero-order valence-corrected chi connectivity index (χ0v) is 14.1. The molecule has 0 saturated heterocycles. The van der Waals surface area contributed by atoms with Crippen molar-refractivity contribution < 1.29 is 9.32 Å². The number of aromatic nitrogens is 2. The lowest BCUT2D eigenvalue weighted by Crippen LogP contribution is -2.46. The first-order valence-corrected chi connectivity index (χ1v) is 8.27. The molecular weight excluding hydrogens is 280 g/mol. The van der Waals surface area contributed by atoms with Crippen molar-refractivity contribution in [3.05, 3.63) is 11.7 Å². The molecular formula is C16H28N4O2. The van der Waals surface area contributed by atoms with Crippen molar-refractivity contribution in [2.45, 2.75) is 71.5 Å². The SMILES string of the molecule is CC(C)Cc1noc(CN(C)[C@@H](C)C(=O)NC2CCCC2)n1. The van der Waals surface area contributed by atoms with E-state index in [0.29, 0.717) is 24.4 Å². The number of likely N-dealkylation sites (N-methyl/N-ethyl adjacent to an activating group) is 1. The summed E-state index contributed by atoms with van der Waals surface area (Å²) in [4.78, 5) is 18.6. The van der Waals surface area contributed by atoms with Crippen LogP contribution >= 0.6 is 0 Å². The number of hydrogen-bond acceptors (Lipinski definition) is 5. The topological polar surface area (TPSA) is 71.3 Å². The molecule has 124 valence electrons. The van der Waals surface area contributed by atoms with Gasteiger partial charge in [-0.15, -0.1) is 0 Å². The lowest BCUT2D eigenvalue weighted by molar-refractivity contribution is -0.126. The maximum Gasteiger partial charge on any atom is 0.240 e. The predicted molar refractivity (Wildman–Crippen MR) is 84.2 cm³/mol. The molecule has 0 aromatic carbocycles. The monoisotopic (exact) mass is 308 g/mol. The standard InChI is InChI=1S/C16H28N4O2/c1-11(2)9-14-18-15(22-19-14)10-20(4)12(3)16(21)17-13-7-5-6-8-13/h11-13H,5-10H2,1-4H3,(H,17,21)/t12-/m0/s1. The molecule has 1 atom stereocenters. The minimum Gasteiger partial charge on any atom is -0.352 e. The van der Waals surface area contributed by atoms with E-state index in [-0.39, 0.29) is 11.9 Å². The van der Waals surface area contributed by atoms with Gasteiger partial charge in [-0.25, -0.2) is 0 Å². The fourth-order valence-corrected chi connectivity index (χ4v) is 2.74. The normalized spacial score (nSPS) is 17.4. The minimum absolute atomic E-state index is 0.0799. The molecule has 1 fully saturated rings. The Morgan fingerprint density at radius 1 is 1.36 bits per heavy atom. The molecule has 0 radical (unpaired) electrons. The van der Waals surface area contributed by atoms with Gasteiger partial charge in [0.05, 0.1) is 12.6 Å². The van der Waals surface area contributed by atoms with E-state index in [1.807, 2.05) is 18.9 Å². The second-order valence-corrected chi connectivity index (χ2v) is 6.78. The lowest BCUT2D eigenvalue weighted by Gasteiger charge is -2.24. The summed E-state index contributed by atoms with van der Waals surface area (Å²) in [7, 11) is 1.91. The van der Waals surface area contributed by atoms with E-state index >= 15 is 0 Å². The van der Waals surface area contributed by atoms with Gasteiger partial charge in [-0.1, -0.05) is 31.8 Å². The molecule has 6 nitrogen and oxygen atoms in total. The van der Waals surface area contributed by atoms with Crippen molar-refractivity contribution in [2.75, 3.05) is 7.05 Å². The summed E-state index contributed by atoms with van der Waals surface area (Å²) in [6.45, 7) is 6.65. The number of nitrogens with zero attached hydrogens (tertiary/aromatic N) is 3. The van der Waals surface area contributed by atoms with Crippen LogP contribution in [-0.2, 0) is 17.8 Å². The highest BCUT2D eigenvalue weighted by molar-refractivity contribution is 5.81. The third-order valence-corrected chi connectivity index (χ3v) is 4.23. The molecule has 1 saturated carbocycles. The van der Waals surface area contributed by atoms with Crippen molar-refractivity contribution in [3.8, 4) is 0 Å². The molecule has 22 heavy (non-hydrogen) atoms. The van der Waals surface area contributed by atoms with Gasteiger partial charge in [-0.05, 0) is 32.7 Å². The molecule has 1 N–H and O–H groups in total. The smallest absolute Gasteiger partial charge is 0.240 e. The van der Waals surface area contributed by atoms with Crippen molar-refractivity contribution in [2.24, 2.45) is 5.92 Å². The second kappa shape index (κ2) is 7.72. The maximum absolute atomic E-state index is 12.3. The second-order valence-electron chi connectivity index (χ2n) is 6.78.